The summed E-state index contributed by atoms with van der Waals surface area (Å²) in [6.07, 6.45) is 6.45. The Morgan fingerprint density at radius 3 is 2.65 bits per heavy atom. The quantitative estimate of drug-likeness (QED) is 0.807. The number of aryl methyl sites for hydroxylation is 1. The van der Waals surface area contributed by atoms with Crippen LogP contribution in [0.1, 0.15) is 41.3 Å². The summed E-state index contributed by atoms with van der Waals surface area (Å²) < 4.78 is 0. The zero-order valence-corrected chi connectivity index (χ0v) is 14.1. The van der Waals surface area contributed by atoms with Gasteiger partial charge in [-0.3, -0.25) is 4.79 Å². The lowest BCUT2D eigenvalue weighted by atomic mass is 9.97. The van der Waals surface area contributed by atoms with Gasteiger partial charge in [0.05, 0.1) is 0 Å². The van der Waals surface area contributed by atoms with Gasteiger partial charge in [0.2, 0.25) is 5.91 Å². The lowest BCUT2D eigenvalue weighted by molar-refractivity contribution is -0.126. The van der Waals surface area contributed by atoms with Gasteiger partial charge in [-0.25, -0.2) is 0 Å². The number of hydrogen-bond acceptors (Lipinski definition) is 4. The fourth-order valence-electron chi connectivity index (χ4n) is 2.76. The van der Waals surface area contributed by atoms with Crippen molar-refractivity contribution in [2.45, 2.75) is 32.1 Å². The van der Waals surface area contributed by atoms with E-state index in [1.54, 1.807) is 17.4 Å². The topological polar surface area (TPSA) is 46.1 Å². The Hall–Kier alpha value is -2.01. The molecule has 2 heterocycles. The molecule has 5 heteroatoms. The summed E-state index contributed by atoms with van der Waals surface area (Å²) in [5.41, 5.74) is 1.05. The van der Waals surface area contributed by atoms with Crippen LogP contribution in [0.4, 0.5) is 0 Å². The lowest BCUT2D eigenvalue weighted by Crippen LogP contribution is -2.36. The molecule has 0 spiro atoms. The van der Waals surface area contributed by atoms with Gasteiger partial charge in [0.15, 0.2) is 0 Å². The molecule has 1 aromatic carbocycles. The Kier molecular flexibility index (Phi) is 5.18. The van der Waals surface area contributed by atoms with E-state index in [-0.39, 0.29) is 5.91 Å². The van der Waals surface area contributed by atoms with Gasteiger partial charge in [-0.15, -0.1) is 21.5 Å². The number of benzene rings is 1. The Morgan fingerprint density at radius 1 is 1.26 bits per heavy atom. The Labute approximate surface area is 140 Å². The largest absolute Gasteiger partial charge is 0.339 e. The van der Waals surface area contributed by atoms with Gasteiger partial charge in [-0.2, -0.15) is 0 Å². The molecule has 0 atom stereocenters. The number of nitrogens with zero attached hydrogens (tertiary/aromatic N) is 3. The summed E-state index contributed by atoms with van der Waals surface area (Å²) >= 11 is 1.72. The molecule has 0 saturated carbocycles. The number of carbonyl (C=O) groups is 1. The van der Waals surface area contributed by atoms with Crippen LogP contribution in [0.3, 0.4) is 0 Å². The van der Waals surface area contributed by atoms with Crippen molar-refractivity contribution in [1.29, 1.82) is 0 Å². The normalized spacial score (nSPS) is 16.1. The third kappa shape index (κ3) is 4.05. The average Bonchev–Trinajstić information content (AvgIpc) is 3.10. The molecule has 4 nitrogen and oxygen atoms in total. The molecular formula is C18H21N3OS. The van der Waals surface area contributed by atoms with E-state index in [0.29, 0.717) is 5.92 Å². The van der Waals surface area contributed by atoms with Gasteiger partial charge < -0.3 is 4.90 Å². The summed E-state index contributed by atoms with van der Waals surface area (Å²) in [7, 11) is 0. The Balaban J connectivity index is 1.54. The minimum atomic E-state index is 0.0961. The van der Waals surface area contributed by atoms with Gasteiger partial charge >= 0.3 is 0 Å². The molecule has 0 N–H and O–H groups in total. The van der Waals surface area contributed by atoms with Crippen LogP contribution in [0.15, 0.2) is 36.4 Å². The van der Waals surface area contributed by atoms with E-state index in [1.807, 2.05) is 41.3 Å². The zero-order chi connectivity index (χ0) is 16.1. The molecule has 0 radical (unpaired) electrons. The lowest BCUT2D eigenvalue weighted by Gasteiger charge is -2.30. The smallest absolute Gasteiger partial charge is 0.246 e. The predicted molar refractivity (Wildman–Crippen MR) is 93.3 cm³/mol. The maximum absolute atomic E-state index is 12.3. The van der Waals surface area contributed by atoms with Crippen LogP contribution in [0.2, 0.25) is 0 Å². The second-order valence-electron chi connectivity index (χ2n) is 5.73. The highest BCUT2D eigenvalue weighted by Crippen LogP contribution is 2.30. The number of piperidine rings is 1. The Morgan fingerprint density at radius 2 is 2.00 bits per heavy atom. The van der Waals surface area contributed by atoms with Crippen LogP contribution in [-0.4, -0.2) is 34.1 Å². The van der Waals surface area contributed by atoms with E-state index >= 15 is 0 Å². The second-order valence-corrected chi connectivity index (χ2v) is 6.82. The van der Waals surface area contributed by atoms with Crippen molar-refractivity contribution in [3.8, 4) is 0 Å². The van der Waals surface area contributed by atoms with Crippen molar-refractivity contribution >= 4 is 23.3 Å². The number of amides is 1. The van der Waals surface area contributed by atoms with E-state index in [9.17, 15) is 4.79 Å². The number of carbonyl (C=O) groups excluding carboxylic acids is 1. The minimum absolute atomic E-state index is 0.0961. The van der Waals surface area contributed by atoms with Crippen LogP contribution in [-0.2, 0) is 11.2 Å². The van der Waals surface area contributed by atoms with Crippen molar-refractivity contribution in [3.05, 3.63) is 52.0 Å². The number of likely N-dealkylation sites (tertiary alicyclic amines) is 1. The molecule has 1 saturated heterocycles. The van der Waals surface area contributed by atoms with E-state index < -0.39 is 0 Å². The van der Waals surface area contributed by atoms with Crippen molar-refractivity contribution in [3.63, 3.8) is 0 Å². The van der Waals surface area contributed by atoms with Gasteiger partial charge in [-0.1, -0.05) is 37.3 Å². The SMILES string of the molecule is CCc1nnc(C2CCN(C(=O)C=Cc3ccccc3)CC2)s1. The average molecular weight is 327 g/mol. The zero-order valence-electron chi connectivity index (χ0n) is 13.3. The van der Waals surface area contributed by atoms with Crippen molar-refractivity contribution in [1.82, 2.24) is 15.1 Å². The Bertz CT molecular complexity index is 673. The summed E-state index contributed by atoms with van der Waals surface area (Å²) in [5.74, 6) is 0.550. The first-order chi connectivity index (χ1) is 11.3. The standard InChI is InChI=1S/C18H21N3OS/c1-2-16-19-20-18(23-16)15-10-12-21(13-11-15)17(22)9-8-14-6-4-3-5-7-14/h3-9,15H,2,10-13H2,1H3. The first kappa shape index (κ1) is 15.9. The molecule has 0 aliphatic carbocycles. The summed E-state index contributed by atoms with van der Waals surface area (Å²) in [5, 5.41) is 10.7. The van der Waals surface area contributed by atoms with E-state index in [0.717, 1.165) is 47.9 Å². The maximum Gasteiger partial charge on any atom is 0.246 e. The van der Waals surface area contributed by atoms with Crippen LogP contribution in [0, 0.1) is 0 Å². The van der Waals surface area contributed by atoms with Crippen LogP contribution >= 0.6 is 11.3 Å². The number of hydrogen-bond donors (Lipinski definition) is 0. The first-order valence-electron chi connectivity index (χ1n) is 8.10. The second kappa shape index (κ2) is 7.51. The van der Waals surface area contributed by atoms with Crippen LogP contribution < -0.4 is 0 Å². The fourth-order valence-corrected chi connectivity index (χ4v) is 3.71. The summed E-state index contributed by atoms with van der Waals surface area (Å²) in [6.45, 7) is 3.69. The highest BCUT2D eigenvalue weighted by molar-refractivity contribution is 7.11. The number of aromatic nitrogens is 2. The molecule has 2 aromatic rings. The molecule has 3 rings (SSSR count). The molecule has 1 aliphatic rings. The highest BCUT2D eigenvalue weighted by atomic mass is 32.1. The molecule has 1 aliphatic heterocycles. The minimum Gasteiger partial charge on any atom is -0.339 e. The molecule has 1 aromatic heterocycles. The van der Waals surface area contributed by atoms with Gasteiger partial charge in [0.25, 0.3) is 0 Å². The van der Waals surface area contributed by atoms with Gasteiger partial charge in [0.1, 0.15) is 10.0 Å². The molecule has 1 amide bonds. The molecule has 0 unspecified atom stereocenters. The molecule has 1 fully saturated rings. The highest BCUT2D eigenvalue weighted by Gasteiger charge is 2.25. The van der Waals surface area contributed by atoms with E-state index in [1.165, 1.54) is 0 Å². The summed E-state index contributed by atoms with van der Waals surface area (Å²) in [4.78, 5) is 14.2. The molecular weight excluding hydrogens is 306 g/mol. The van der Waals surface area contributed by atoms with Crippen molar-refractivity contribution in [2.24, 2.45) is 0 Å². The third-order valence-corrected chi connectivity index (χ3v) is 5.39. The molecule has 23 heavy (non-hydrogen) atoms. The summed E-state index contributed by atoms with van der Waals surface area (Å²) in [6, 6.07) is 9.92. The van der Waals surface area contributed by atoms with E-state index in [4.69, 9.17) is 0 Å². The predicted octanol–water partition coefficient (Wildman–Crippen LogP) is 3.52. The monoisotopic (exact) mass is 327 g/mol. The maximum atomic E-state index is 12.3. The third-order valence-electron chi connectivity index (χ3n) is 4.16. The molecule has 0 bridgehead atoms. The van der Waals surface area contributed by atoms with Crippen LogP contribution in [0.25, 0.3) is 6.08 Å². The van der Waals surface area contributed by atoms with Gasteiger partial charge in [-0.05, 0) is 30.9 Å². The van der Waals surface area contributed by atoms with E-state index in [2.05, 4.69) is 17.1 Å². The van der Waals surface area contributed by atoms with Crippen LogP contribution in [0.5, 0.6) is 0 Å². The van der Waals surface area contributed by atoms with Crippen molar-refractivity contribution in [2.75, 3.05) is 13.1 Å². The van der Waals surface area contributed by atoms with Gasteiger partial charge in [0, 0.05) is 25.1 Å². The molecule has 120 valence electrons. The number of rotatable bonds is 4. The van der Waals surface area contributed by atoms with Crippen molar-refractivity contribution < 1.29 is 4.79 Å². The fraction of sp³-hybridized carbons (Fsp3) is 0.389. The first-order valence-corrected chi connectivity index (χ1v) is 8.92.